The van der Waals surface area contributed by atoms with Crippen LogP contribution >= 0.6 is 0 Å². The standard InChI is InChI=1S/C11H17NO2/c1-4-12(9(2)3)8-10(13)11-6-5-7-14-11/h5-7,9H,4,8H2,1-3H3. The van der Waals surface area contributed by atoms with Gasteiger partial charge in [-0.1, -0.05) is 6.92 Å². The van der Waals surface area contributed by atoms with Crippen molar-refractivity contribution in [2.24, 2.45) is 0 Å². The van der Waals surface area contributed by atoms with Crippen LogP contribution < -0.4 is 0 Å². The van der Waals surface area contributed by atoms with Crippen LogP contribution in [0.5, 0.6) is 0 Å². The highest BCUT2D eigenvalue weighted by atomic mass is 16.3. The second-order valence-corrected chi connectivity index (χ2v) is 3.56. The average Bonchev–Trinajstić information content (AvgIpc) is 2.65. The summed E-state index contributed by atoms with van der Waals surface area (Å²) < 4.78 is 5.04. The van der Waals surface area contributed by atoms with Crippen molar-refractivity contribution in [1.29, 1.82) is 0 Å². The molecule has 1 rings (SSSR count). The van der Waals surface area contributed by atoms with Crippen LogP contribution in [0.1, 0.15) is 31.3 Å². The molecule has 0 fully saturated rings. The molecule has 0 aliphatic rings. The van der Waals surface area contributed by atoms with E-state index in [-0.39, 0.29) is 5.78 Å². The summed E-state index contributed by atoms with van der Waals surface area (Å²) in [6.45, 7) is 7.53. The van der Waals surface area contributed by atoms with Gasteiger partial charge in [0.15, 0.2) is 5.76 Å². The largest absolute Gasteiger partial charge is 0.461 e. The number of likely N-dealkylation sites (N-methyl/N-ethyl adjacent to an activating group) is 1. The summed E-state index contributed by atoms with van der Waals surface area (Å²) in [7, 11) is 0. The van der Waals surface area contributed by atoms with Gasteiger partial charge in [-0.15, -0.1) is 0 Å². The minimum Gasteiger partial charge on any atom is -0.461 e. The number of hydrogen-bond donors (Lipinski definition) is 0. The first-order chi connectivity index (χ1) is 6.65. The molecule has 3 nitrogen and oxygen atoms in total. The minimum absolute atomic E-state index is 0.0468. The molecule has 0 N–H and O–H groups in total. The van der Waals surface area contributed by atoms with Crippen molar-refractivity contribution in [2.45, 2.75) is 26.8 Å². The Morgan fingerprint density at radius 3 is 2.71 bits per heavy atom. The smallest absolute Gasteiger partial charge is 0.211 e. The van der Waals surface area contributed by atoms with Crippen molar-refractivity contribution in [1.82, 2.24) is 4.90 Å². The summed E-state index contributed by atoms with van der Waals surface area (Å²) in [6, 6.07) is 3.83. The van der Waals surface area contributed by atoms with E-state index in [9.17, 15) is 4.79 Å². The quantitative estimate of drug-likeness (QED) is 0.675. The molecule has 14 heavy (non-hydrogen) atoms. The second-order valence-electron chi connectivity index (χ2n) is 3.56. The molecule has 0 aliphatic heterocycles. The lowest BCUT2D eigenvalue weighted by molar-refractivity contribution is 0.0884. The SMILES string of the molecule is CCN(CC(=O)c1ccco1)C(C)C. The Labute approximate surface area is 84.7 Å². The zero-order chi connectivity index (χ0) is 10.6. The van der Waals surface area contributed by atoms with Gasteiger partial charge < -0.3 is 4.42 Å². The molecule has 78 valence electrons. The summed E-state index contributed by atoms with van der Waals surface area (Å²) in [4.78, 5) is 13.7. The molecular formula is C11H17NO2. The fraction of sp³-hybridized carbons (Fsp3) is 0.545. The molecule has 0 radical (unpaired) electrons. The van der Waals surface area contributed by atoms with Crippen LogP contribution in [0.4, 0.5) is 0 Å². The van der Waals surface area contributed by atoms with Gasteiger partial charge in [-0.25, -0.2) is 0 Å². The van der Waals surface area contributed by atoms with E-state index >= 15 is 0 Å². The maximum atomic E-state index is 11.6. The third kappa shape index (κ3) is 2.70. The summed E-state index contributed by atoms with van der Waals surface area (Å²) >= 11 is 0. The first-order valence-corrected chi connectivity index (χ1v) is 4.96. The third-order valence-electron chi connectivity index (χ3n) is 2.28. The summed E-state index contributed by atoms with van der Waals surface area (Å²) in [6.07, 6.45) is 1.53. The zero-order valence-electron chi connectivity index (χ0n) is 8.99. The van der Waals surface area contributed by atoms with Crippen molar-refractivity contribution >= 4 is 5.78 Å². The molecule has 0 saturated carbocycles. The van der Waals surface area contributed by atoms with Crippen molar-refractivity contribution in [2.75, 3.05) is 13.1 Å². The molecule has 3 heteroatoms. The Bertz CT molecular complexity index is 277. The van der Waals surface area contributed by atoms with E-state index in [0.29, 0.717) is 18.3 Å². The monoisotopic (exact) mass is 195 g/mol. The van der Waals surface area contributed by atoms with E-state index < -0.39 is 0 Å². The predicted octanol–water partition coefficient (Wildman–Crippen LogP) is 2.19. The number of furan rings is 1. The van der Waals surface area contributed by atoms with E-state index in [1.165, 1.54) is 6.26 Å². The van der Waals surface area contributed by atoms with Crippen molar-refractivity contribution in [3.05, 3.63) is 24.2 Å². The van der Waals surface area contributed by atoms with Crippen molar-refractivity contribution < 1.29 is 9.21 Å². The first-order valence-electron chi connectivity index (χ1n) is 4.96. The van der Waals surface area contributed by atoms with Crippen LogP contribution in [-0.4, -0.2) is 29.8 Å². The Kier molecular flexibility index (Phi) is 3.89. The molecule has 0 bridgehead atoms. The lowest BCUT2D eigenvalue weighted by Crippen LogP contribution is -2.35. The number of carbonyl (C=O) groups is 1. The van der Waals surface area contributed by atoms with Crippen LogP contribution in [0, 0.1) is 0 Å². The first kappa shape index (κ1) is 11.0. The Morgan fingerprint density at radius 2 is 2.29 bits per heavy atom. The number of ketones is 1. The van der Waals surface area contributed by atoms with Crippen LogP contribution in [0.2, 0.25) is 0 Å². The highest BCUT2D eigenvalue weighted by Gasteiger charge is 2.15. The average molecular weight is 195 g/mol. The van der Waals surface area contributed by atoms with E-state index in [4.69, 9.17) is 4.42 Å². The maximum absolute atomic E-state index is 11.6. The van der Waals surface area contributed by atoms with E-state index in [1.54, 1.807) is 12.1 Å². The van der Waals surface area contributed by atoms with Crippen LogP contribution in [0.15, 0.2) is 22.8 Å². The van der Waals surface area contributed by atoms with Gasteiger partial charge in [0.05, 0.1) is 12.8 Å². The molecule has 0 aromatic carbocycles. The minimum atomic E-state index is 0.0468. The number of nitrogens with zero attached hydrogens (tertiary/aromatic N) is 1. The van der Waals surface area contributed by atoms with Crippen molar-refractivity contribution in [3.8, 4) is 0 Å². The summed E-state index contributed by atoms with van der Waals surface area (Å²) in [5.41, 5.74) is 0. The maximum Gasteiger partial charge on any atom is 0.211 e. The summed E-state index contributed by atoms with van der Waals surface area (Å²) in [5, 5.41) is 0. The number of carbonyl (C=O) groups excluding carboxylic acids is 1. The lowest BCUT2D eigenvalue weighted by atomic mass is 10.2. The normalized spacial score (nSPS) is 11.2. The van der Waals surface area contributed by atoms with Gasteiger partial charge >= 0.3 is 0 Å². The van der Waals surface area contributed by atoms with E-state index in [2.05, 4.69) is 25.7 Å². The molecule has 1 aromatic heterocycles. The van der Waals surface area contributed by atoms with Crippen LogP contribution in [0.3, 0.4) is 0 Å². The lowest BCUT2D eigenvalue weighted by Gasteiger charge is -2.23. The highest BCUT2D eigenvalue weighted by Crippen LogP contribution is 2.05. The Hall–Kier alpha value is -1.09. The number of hydrogen-bond acceptors (Lipinski definition) is 3. The van der Waals surface area contributed by atoms with E-state index in [0.717, 1.165) is 6.54 Å². The molecule has 0 amide bonds. The number of Topliss-reactive ketones (excluding diaryl/α,β-unsaturated/α-hetero) is 1. The van der Waals surface area contributed by atoms with Crippen LogP contribution in [0.25, 0.3) is 0 Å². The van der Waals surface area contributed by atoms with Crippen molar-refractivity contribution in [3.63, 3.8) is 0 Å². The Balaban J connectivity index is 2.56. The molecule has 0 saturated heterocycles. The fourth-order valence-electron chi connectivity index (χ4n) is 1.36. The molecule has 1 heterocycles. The van der Waals surface area contributed by atoms with Gasteiger partial charge in [-0.3, -0.25) is 9.69 Å². The number of rotatable bonds is 5. The predicted molar refractivity (Wildman–Crippen MR) is 55.4 cm³/mol. The van der Waals surface area contributed by atoms with Crippen LogP contribution in [-0.2, 0) is 0 Å². The zero-order valence-corrected chi connectivity index (χ0v) is 8.99. The highest BCUT2D eigenvalue weighted by molar-refractivity contribution is 5.94. The van der Waals surface area contributed by atoms with E-state index in [1.807, 2.05) is 0 Å². The van der Waals surface area contributed by atoms with Gasteiger partial charge in [0.1, 0.15) is 0 Å². The van der Waals surface area contributed by atoms with Gasteiger partial charge in [-0.2, -0.15) is 0 Å². The van der Waals surface area contributed by atoms with Gasteiger partial charge in [-0.05, 0) is 32.5 Å². The molecule has 0 atom stereocenters. The third-order valence-corrected chi connectivity index (χ3v) is 2.28. The second kappa shape index (κ2) is 4.96. The van der Waals surface area contributed by atoms with Gasteiger partial charge in [0.25, 0.3) is 0 Å². The fourth-order valence-corrected chi connectivity index (χ4v) is 1.36. The van der Waals surface area contributed by atoms with Gasteiger partial charge in [0.2, 0.25) is 5.78 Å². The topological polar surface area (TPSA) is 33.5 Å². The molecule has 0 unspecified atom stereocenters. The summed E-state index contributed by atoms with van der Waals surface area (Å²) in [5.74, 6) is 0.495. The molecular weight excluding hydrogens is 178 g/mol. The molecule has 0 spiro atoms. The molecule has 0 aliphatic carbocycles. The molecule has 1 aromatic rings. The Morgan fingerprint density at radius 1 is 1.57 bits per heavy atom. The van der Waals surface area contributed by atoms with Gasteiger partial charge in [0, 0.05) is 6.04 Å².